The SMILES string of the molecule is CCC(=O)N1Cc2cccc(n2)CN(C(=O)CC(C)C)Cc2cccc(n2)CN(C(=O)CC(C)CC)Cc2cccc(n2)C1. The zero-order valence-electron chi connectivity index (χ0n) is 26.8. The normalized spacial score (nSPS) is 15.0. The van der Waals surface area contributed by atoms with Crippen LogP contribution in [-0.4, -0.2) is 47.4 Å². The maximum atomic E-state index is 13.6. The van der Waals surface area contributed by atoms with Crippen molar-refractivity contribution in [3.8, 4) is 0 Å². The van der Waals surface area contributed by atoms with E-state index in [1.165, 1.54) is 0 Å². The molecule has 3 aromatic rings. The first-order chi connectivity index (χ1) is 21.1. The van der Waals surface area contributed by atoms with E-state index in [9.17, 15) is 14.4 Å². The number of carbonyl (C=O) groups excluding carboxylic acids is 3. The van der Waals surface area contributed by atoms with Crippen LogP contribution in [0, 0.1) is 11.8 Å². The highest BCUT2D eigenvalue weighted by Gasteiger charge is 2.22. The Morgan fingerprint density at radius 2 is 0.886 bits per heavy atom. The van der Waals surface area contributed by atoms with Gasteiger partial charge in [-0.15, -0.1) is 0 Å². The maximum absolute atomic E-state index is 13.6. The van der Waals surface area contributed by atoms with E-state index < -0.39 is 0 Å². The van der Waals surface area contributed by atoms with Crippen molar-refractivity contribution in [1.29, 1.82) is 0 Å². The molecule has 9 nitrogen and oxygen atoms in total. The Bertz CT molecular complexity index is 1440. The second-order valence-corrected chi connectivity index (χ2v) is 12.3. The van der Waals surface area contributed by atoms with E-state index in [1.807, 2.05) is 80.3 Å². The summed E-state index contributed by atoms with van der Waals surface area (Å²) >= 11 is 0. The molecule has 1 unspecified atom stereocenters. The molecule has 234 valence electrons. The number of pyridine rings is 3. The van der Waals surface area contributed by atoms with Crippen molar-refractivity contribution in [3.63, 3.8) is 0 Å². The number of carbonyl (C=O) groups is 3. The number of rotatable bonds is 6. The van der Waals surface area contributed by atoms with E-state index in [4.69, 9.17) is 15.0 Å². The minimum Gasteiger partial charge on any atom is -0.331 e. The first-order valence-corrected chi connectivity index (χ1v) is 15.8. The second-order valence-electron chi connectivity index (χ2n) is 12.3. The van der Waals surface area contributed by atoms with E-state index in [-0.39, 0.29) is 29.6 Å². The molecular formula is C35H46N6O3. The molecule has 0 aliphatic carbocycles. The Kier molecular flexibility index (Phi) is 11.6. The second kappa shape index (κ2) is 15.5. The van der Waals surface area contributed by atoms with Crippen LogP contribution in [0.4, 0.5) is 0 Å². The van der Waals surface area contributed by atoms with Crippen LogP contribution < -0.4 is 0 Å². The molecule has 0 aromatic carbocycles. The summed E-state index contributed by atoms with van der Waals surface area (Å²) in [7, 11) is 0. The van der Waals surface area contributed by atoms with Gasteiger partial charge in [0.25, 0.3) is 0 Å². The van der Waals surface area contributed by atoms with Gasteiger partial charge in [0.1, 0.15) is 0 Å². The molecule has 4 rings (SSSR count). The number of hydrogen-bond acceptors (Lipinski definition) is 6. The average molecular weight is 599 g/mol. The minimum absolute atomic E-state index is 0.00228. The number of hydrogen-bond donors (Lipinski definition) is 0. The summed E-state index contributed by atoms with van der Waals surface area (Å²) in [5, 5.41) is 0. The van der Waals surface area contributed by atoms with Gasteiger partial charge in [0.15, 0.2) is 0 Å². The Hall–Kier alpha value is -4.14. The van der Waals surface area contributed by atoms with Crippen LogP contribution in [0.25, 0.3) is 0 Å². The highest BCUT2D eigenvalue weighted by molar-refractivity contribution is 5.77. The zero-order valence-corrected chi connectivity index (χ0v) is 26.8. The number of amides is 3. The van der Waals surface area contributed by atoms with Crippen LogP contribution in [0.15, 0.2) is 54.6 Å². The third-order valence-electron chi connectivity index (χ3n) is 7.87. The van der Waals surface area contributed by atoms with E-state index in [0.29, 0.717) is 58.5 Å². The number of fused-ring (bicyclic) bond motifs is 6. The summed E-state index contributed by atoms with van der Waals surface area (Å²) in [6.45, 7) is 12.1. The number of aromatic nitrogens is 3. The van der Waals surface area contributed by atoms with Gasteiger partial charge < -0.3 is 14.7 Å². The highest BCUT2D eigenvalue weighted by atomic mass is 16.2. The lowest BCUT2D eigenvalue weighted by Gasteiger charge is -2.26. The number of nitrogens with zero attached hydrogens (tertiary/aromatic N) is 6. The molecule has 6 bridgehead atoms. The van der Waals surface area contributed by atoms with Gasteiger partial charge in [-0.1, -0.05) is 59.2 Å². The molecule has 1 atom stereocenters. The molecule has 9 heteroatoms. The molecular weight excluding hydrogens is 552 g/mol. The van der Waals surface area contributed by atoms with Crippen molar-refractivity contribution in [2.75, 3.05) is 0 Å². The Morgan fingerprint density at radius 1 is 0.568 bits per heavy atom. The van der Waals surface area contributed by atoms with E-state index in [0.717, 1.165) is 40.6 Å². The minimum atomic E-state index is 0.00228. The first-order valence-electron chi connectivity index (χ1n) is 15.8. The molecule has 0 radical (unpaired) electrons. The van der Waals surface area contributed by atoms with Crippen LogP contribution >= 0.6 is 0 Å². The van der Waals surface area contributed by atoms with Crippen molar-refractivity contribution in [3.05, 3.63) is 88.8 Å². The van der Waals surface area contributed by atoms with Crippen molar-refractivity contribution < 1.29 is 14.4 Å². The van der Waals surface area contributed by atoms with E-state index >= 15 is 0 Å². The van der Waals surface area contributed by atoms with Gasteiger partial charge in [-0.2, -0.15) is 0 Å². The van der Waals surface area contributed by atoms with Crippen molar-refractivity contribution in [2.24, 2.45) is 11.8 Å². The van der Waals surface area contributed by atoms with Crippen LogP contribution in [-0.2, 0) is 53.7 Å². The van der Waals surface area contributed by atoms with Crippen LogP contribution in [0.5, 0.6) is 0 Å². The van der Waals surface area contributed by atoms with Gasteiger partial charge in [0.05, 0.1) is 73.4 Å². The van der Waals surface area contributed by atoms with Gasteiger partial charge in [-0.05, 0) is 48.2 Å². The third-order valence-corrected chi connectivity index (χ3v) is 7.87. The fourth-order valence-corrected chi connectivity index (χ4v) is 5.26. The maximum Gasteiger partial charge on any atom is 0.223 e. The summed E-state index contributed by atoms with van der Waals surface area (Å²) in [5.41, 5.74) is 4.52. The molecule has 0 spiro atoms. The lowest BCUT2D eigenvalue weighted by molar-refractivity contribution is -0.134. The lowest BCUT2D eigenvalue weighted by Crippen LogP contribution is -2.34. The third kappa shape index (κ3) is 9.43. The van der Waals surface area contributed by atoms with Gasteiger partial charge in [-0.25, -0.2) is 0 Å². The summed E-state index contributed by atoms with van der Waals surface area (Å²) < 4.78 is 0. The fourth-order valence-electron chi connectivity index (χ4n) is 5.26. The molecule has 0 N–H and O–H groups in total. The smallest absolute Gasteiger partial charge is 0.223 e. The molecule has 1 aliphatic rings. The highest BCUT2D eigenvalue weighted by Crippen LogP contribution is 2.18. The molecule has 3 amide bonds. The Labute approximate surface area is 261 Å². The summed E-state index contributed by atoms with van der Waals surface area (Å²) in [6.07, 6.45) is 2.14. The lowest BCUT2D eigenvalue weighted by atomic mass is 10.0. The van der Waals surface area contributed by atoms with Crippen LogP contribution in [0.3, 0.4) is 0 Å². The van der Waals surface area contributed by atoms with Gasteiger partial charge in [-0.3, -0.25) is 29.3 Å². The topological polar surface area (TPSA) is 99.6 Å². The van der Waals surface area contributed by atoms with Gasteiger partial charge >= 0.3 is 0 Å². The van der Waals surface area contributed by atoms with Crippen molar-refractivity contribution in [2.45, 2.75) is 99.6 Å². The molecule has 0 saturated carbocycles. The van der Waals surface area contributed by atoms with E-state index in [1.54, 1.807) is 9.80 Å². The summed E-state index contributed by atoms with van der Waals surface area (Å²) in [6, 6.07) is 17.3. The quantitative estimate of drug-likeness (QED) is 0.363. The Morgan fingerprint density at radius 3 is 1.18 bits per heavy atom. The standard InChI is InChI=1S/C35H46N6O3/c1-6-26(5)18-35(44)41-23-31-15-9-12-28(37-31)20-39(33(42)7-2)19-27-11-8-13-29(36-27)21-40(34(43)17-25(3)4)22-30-14-10-16-32(24-41)38-30/h8-16,25-26H,6-7,17-24H2,1-5H3. The van der Waals surface area contributed by atoms with E-state index in [2.05, 4.69) is 13.8 Å². The van der Waals surface area contributed by atoms with Crippen LogP contribution in [0.1, 0.15) is 94.5 Å². The van der Waals surface area contributed by atoms with Gasteiger partial charge in [0, 0.05) is 19.3 Å². The van der Waals surface area contributed by atoms with Crippen molar-refractivity contribution in [1.82, 2.24) is 29.7 Å². The first kappa shape index (κ1) is 32.8. The molecule has 1 aliphatic heterocycles. The zero-order chi connectivity index (χ0) is 31.6. The van der Waals surface area contributed by atoms with Crippen LogP contribution in [0.2, 0.25) is 0 Å². The van der Waals surface area contributed by atoms with Crippen molar-refractivity contribution >= 4 is 17.7 Å². The molecule has 4 heterocycles. The summed E-state index contributed by atoms with van der Waals surface area (Å²) in [5.74, 6) is 0.552. The predicted octanol–water partition coefficient (Wildman–Crippen LogP) is 5.66. The van der Waals surface area contributed by atoms with Gasteiger partial charge in [0.2, 0.25) is 17.7 Å². The molecule has 0 fully saturated rings. The average Bonchev–Trinajstić information content (AvgIpc) is 2.99. The molecule has 44 heavy (non-hydrogen) atoms. The Balaban J connectivity index is 1.77. The molecule has 0 saturated heterocycles. The fraction of sp³-hybridized carbons (Fsp3) is 0.486. The monoisotopic (exact) mass is 598 g/mol. The molecule has 3 aromatic heterocycles. The predicted molar refractivity (Wildman–Crippen MR) is 169 cm³/mol. The summed E-state index contributed by atoms with van der Waals surface area (Å²) in [4.78, 5) is 60.1. The largest absolute Gasteiger partial charge is 0.331 e.